The van der Waals surface area contributed by atoms with E-state index >= 15 is 0 Å². The van der Waals surface area contributed by atoms with Crippen molar-refractivity contribution in [3.63, 3.8) is 0 Å². The Bertz CT molecular complexity index is 1270. The lowest BCUT2D eigenvalue weighted by atomic mass is 9.75. The van der Waals surface area contributed by atoms with E-state index in [1.807, 2.05) is 19.1 Å². The van der Waals surface area contributed by atoms with Gasteiger partial charge in [-0.1, -0.05) is 13.8 Å². The zero-order chi connectivity index (χ0) is 20.6. The molecule has 1 aromatic carbocycles. The van der Waals surface area contributed by atoms with E-state index < -0.39 is 9.84 Å². The molecule has 29 heavy (non-hydrogen) atoms. The predicted molar refractivity (Wildman–Crippen MR) is 115 cm³/mol. The highest BCUT2D eigenvalue weighted by atomic mass is 32.2. The van der Waals surface area contributed by atoms with Crippen molar-refractivity contribution in [1.82, 2.24) is 15.3 Å². The first kappa shape index (κ1) is 18.8. The summed E-state index contributed by atoms with van der Waals surface area (Å²) in [5.74, 6) is -0.0476. The second-order valence-corrected chi connectivity index (χ2v) is 12.3. The lowest BCUT2D eigenvalue weighted by molar-refractivity contribution is 0.0941. The van der Waals surface area contributed by atoms with E-state index in [0.29, 0.717) is 12.0 Å². The van der Waals surface area contributed by atoms with Crippen LogP contribution in [0.25, 0.3) is 22.3 Å². The third-order valence-electron chi connectivity index (χ3n) is 5.95. The Balaban J connectivity index is 1.56. The number of aromatic nitrogens is 2. The number of benzene rings is 1. The first-order valence-corrected chi connectivity index (χ1v) is 12.4. The van der Waals surface area contributed by atoms with Gasteiger partial charge in [0.15, 0.2) is 9.84 Å². The summed E-state index contributed by atoms with van der Waals surface area (Å²) in [6.45, 7) is 6.49. The molecule has 1 unspecified atom stereocenters. The molecule has 2 aliphatic rings. The lowest BCUT2D eigenvalue weighted by Crippen LogP contribution is -2.35. The average Bonchev–Trinajstić information content (AvgIpc) is 3.28. The van der Waals surface area contributed by atoms with E-state index in [-0.39, 0.29) is 28.9 Å². The van der Waals surface area contributed by atoms with Crippen molar-refractivity contribution in [3.8, 4) is 11.4 Å². The molecule has 1 fully saturated rings. The largest absolute Gasteiger partial charge is 0.353 e. The highest BCUT2D eigenvalue weighted by molar-refractivity contribution is 7.91. The van der Waals surface area contributed by atoms with Gasteiger partial charge in [-0.05, 0) is 48.9 Å². The molecule has 3 aromatic rings. The molecular formula is C21H23N3O3S2. The normalized spacial score (nSPS) is 21.7. The van der Waals surface area contributed by atoms with Gasteiger partial charge in [0.2, 0.25) is 0 Å². The zero-order valence-corrected chi connectivity index (χ0v) is 18.3. The van der Waals surface area contributed by atoms with Gasteiger partial charge >= 0.3 is 0 Å². The fraction of sp³-hybridized carbons (Fsp3) is 0.429. The maximum absolute atomic E-state index is 12.8. The van der Waals surface area contributed by atoms with Crippen LogP contribution < -0.4 is 5.32 Å². The van der Waals surface area contributed by atoms with Gasteiger partial charge in [-0.15, -0.1) is 11.3 Å². The molecule has 0 radical (unpaired) electrons. The van der Waals surface area contributed by atoms with Crippen molar-refractivity contribution in [3.05, 3.63) is 39.2 Å². The van der Waals surface area contributed by atoms with Gasteiger partial charge in [0.25, 0.3) is 5.91 Å². The highest BCUT2D eigenvalue weighted by Gasteiger charge is 2.36. The van der Waals surface area contributed by atoms with Crippen LogP contribution in [0.5, 0.6) is 0 Å². The van der Waals surface area contributed by atoms with E-state index in [4.69, 9.17) is 4.98 Å². The third kappa shape index (κ3) is 3.09. The molecule has 1 aliphatic heterocycles. The highest BCUT2D eigenvalue weighted by Crippen LogP contribution is 2.47. The number of fused-ring (bicyclic) bond motifs is 5. The Kier molecular flexibility index (Phi) is 3.99. The molecular weight excluding hydrogens is 406 g/mol. The number of amides is 1. The van der Waals surface area contributed by atoms with Crippen LogP contribution in [0.1, 0.15) is 46.1 Å². The molecule has 0 bridgehead atoms. The number of hydrogen-bond acceptors (Lipinski definition) is 5. The second kappa shape index (κ2) is 6.15. The topological polar surface area (TPSA) is 91.9 Å². The Morgan fingerprint density at radius 3 is 2.86 bits per heavy atom. The lowest BCUT2D eigenvalue weighted by Gasteiger charge is -2.29. The van der Waals surface area contributed by atoms with E-state index in [9.17, 15) is 13.2 Å². The van der Waals surface area contributed by atoms with Crippen molar-refractivity contribution in [2.24, 2.45) is 0 Å². The van der Waals surface area contributed by atoms with Crippen LogP contribution in [-0.2, 0) is 21.7 Å². The van der Waals surface area contributed by atoms with Gasteiger partial charge in [0.05, 0.1) is 22.2 Å². The predicted octanol–water partition coefficient (Wildman–Crippen LogP) is 3.35. The number of rotatable bonds is 2. The number of H-pyrrole nitrogens is 1. The van der Waals surface area contributed by atoms with Crippen molar-refractivity contribution < 1.29 is 13.2 Å². The fourth-order valence-corrected chi connectivity index (χ4v) is 7.51. The minimum atomic E-state index is -3.03. The molecule has 0 saturated carbocycles. The van der Waals surface area contributed by atoms with Gasteiger partial charge in [-0.2, -0.15) is 0 Å². The number of carbonyl (C=O) groups is 1. The Morgan fingerprint density at radius 1 is 1.34 bits per heavy atom. The maximum Gasteiger partial charge on any atom is 0.251 e. The number of nitrogens with one attached hydrogen (secondary N) is 2. The average molecular weight is 430 g/mol. The van der Waals surface area contributed by atoms with Crippen molar-refractivity contribution in [2.45, 2.75) is 45.1 Å². The number of sulfone groups is 1. The molecule has 1 saturated heterocycles. The van der Waals surface area contributed by atoms with Crippen LogP contribution in [0.4, 0.5) is 0 Å². The summed E-state index contributed by atoms with van der Waals surface area (Å²) in [6.07, 6.45) is 1.40. The fourth-order valence-electron chi connectivity index (χ4n) is 4.67. The van der Waals surface area contributed by atoms with Crippen LogP contribution in [0.15, 0.2) is 18.2 Å². The van der Waals surface area contributed by atoms with Crippen molar-refractivity contribution in [1.29, 1.82) is 0 Å². The minimum absolute atomic E-state index is 0.0273. The Morgan fingerprint density at radius 2 is 2.14 bits per heavy atom. The summed E-state index contributed by atoms with van der Waals surface area (Å²) in [5.41, 5.74) is 4.74. The monoisotopic (exact) mass is 429 g/mol. The summed E-state index contributed by atoms with van der Waals surface area (Å²) < 4.78 is 23.3. The quantitative estimate of drug-likeness (QED) is 0.653. The van der Waals surface area contributed by atoms with Gasteiger partial charge in [-0.3, -0.25) is 4.79 Å². The van der Waals surface area contributed by atoms with Crippen LogP contribution in [0.3, 0.4) is 0 Å². The number of nitrogens with zero attached hydrogens (tertiary/aromatic N) is 1. The van der Waals surface area contributed by atoms with E-state index in [0.717, 1.165) is 33.7 Å². The Hall–Kier alpha value is -2.19. The standard InChI is InChI=1S/C21H23N3O3S2/c1-11-22-18-16(28-11)9-21(2,3)17-14-8-12(4-5-15(14)24-19(17)18)20(25)23-13-6-7-29(26,27)10-13/h4-5,8,13,24H,6-7,9-10H2,1-3H3,(H,23,25). The Labute approximate surface area is 173 Å². The molecule has 5 rings (SSSR count). The molecule has 2 N–H and O–H groups in total. The van der Waals surface area contributed by atoms with Crippen molar-refractivity contribution in [2.75, 3.05) is 11.5 Å². The molecule has 1 amide bonds. The maximum atomic E-state index is 12.8. The molecule has 8 heteroatoms. The minimum Gasteiger partial charge on any atom is -0.353 e. The number of aromatic amines is 1. The van der Waals surface area contributed by atoms with Gasteiger partial charge in [0, 0.05) is 27.4 Å². The molecule has 152 valence electrons. The summed E-state index contributed by atoms with van der Waals surface area (Å²) in [6, 6.07) is 5.35. The first-order valence-electron chi connectivity index (χ1n) is 9.77. The van der Waals surface area contributed by atoms with E-state index in [2.05, 4.69) is 24.1 Å². The van der Waals surface area contributed by atoms with Crippen LogP contribution in [0.2, 0.25) is 0 Å². The van der Waals surface area contributed by atoms with Gasteiger partial charge in [-0.25, -0.2) is 13.4 Å². The molecule has 1 aliphatic carbocycles. The van der Waals surface area contributed by atoms with Crippen LogP contribution in [0, 0.1) is 6.92 Å². The number of carbonyl (C=O) groups excluding carboxylic acids is 1. The molecule has 3 heterocycles. The molecule has 1 atom stereocenters. The first-order chi connectivity index (χ1) is 13.6. The zero-order valence-electron chi connectivity index (χ0n) is 16.6. The van der Waals surface area contributed by atoms with E-state index in [1.54, 1.807) is 17.4 Å². The van der Waals surface area contributed by atoms with Gasteiger partial charge < -0.3 is 10.3 Å². The SMILES string of the molecule is Cc1nc2c(s1)CC(C)(C)c1c-2[nH]c2ccc(C(=O)NC3CCS(=O)(=O)C3)cc12. The van der Waals surface area contributed by atoms with Crippen LogP contribution in [-0.4, -0.2) is 41.8 Å². The molecule has 2 aromatic heterocycles. The number of thiazole rings is 1. The van der Waals surface area contributed by atoms with Crippen LogP contribution >= 0.6 is 11.3 Å². The number of aryl methyl sites for hydroxylation is 1. The summed E-state index contributed by atoms with van der Waals surface area (Å²) in [7, 11) is -3.03. The summed E-state index contributed by atoms with van der Waals surface area (Å²) in [4.78, 5) is 22.3. The van der Waals surface area contributed by atoms with E-state index in [1.165, 1.54) is 10.4 Å². The second-order valence-electron chi connectivity index (χ2n) is 8.77. The molecule has 0 spiro atoms. The smallest absolute Gasteiger partial charge is 0.251 e. The third-order valence-corrected chi connectivity index (χ3v) is 8.69. The molecule has 6 nitrogen and oxygen atoms in total. The van der Waals surface area contributed by atoms with Gasteiger partial charge in [0.1, 0.15) is 5.69 Å². The van der Waals surface area contributed by atoms with Crippen molar-refractivity contribution >= 4 is 38.0 Å². The number of hydrogen-bond donors (Lipinski definition) is 2. The summed E-state index contributed by atoms with van der Waals surface area (Å²) >= 11 is 1.75. The summed E-state index contributed by atoms with van der Waals surface area (Å²) in [5, 5.41) is 4.98.